The van der Waals surface area contributed by atoms with E-state index < -0.39 is 23.1 Å². The highest BCUT2D eigenvalue weighted by molar-refractivity contribution is 6.51. The second-order valence-corrected chi connectivity index (χ2v) is 9.96. The van der Waals surface area contributed by atoms with Crippen molar-refractivity contribution in [3.05, 3.63) is 78.8 Å². The first-order valence-corrected chi connectivity index (χ1v) is 11.8. The third kappa shape index (κ3) is 3.63. The number of nitrogens with one attached hydrogen (secondary N) is 1. The molecule has 0 radical (unpaired) electrons. The van der Waals surface area contributed by atoms with E-state index in [9.17, 15) is 19.8 Å². The number of aromatic hydroxyl groups is 2. The lowest BCUT2D eigenvalue weighted by Gasteiger charge is -2.26. The van der Waals surface area contributed by atoms with Gasteiger partial charge in [-0.15, -0.1) is 0 Å². The average molecular weight is 519 g/mol. The molecule has 0 atom stereocenters. The van der Waals surface area contributed by atoms with Gasteiger partial charge in [-0.05, 0) is 35.1 Å². The molecule has 4 rings (SSSR count). The van der Waals surface area contributed by atoms with Crippen LogP contribution in [-0.4, -0.2) is 21.8 Å². The van der Waals surface area contributed by atoms with Crippen LogP contribution in [0, 0.1) is 0 Å². The number of phenolic OH excluding ortho intramolecular Hbond substituents is 2. The number of carbonyl (C=O) groups is 2. The summed E-state index contributed by atoms with van der Waals surface area (Å²) < 4.78 is 0. The Hall–Kier alpha value is -2.73. The summed E-state index contributed by atoms with van der Waals surface area (Å²) in [5, 5.41) is 23.6. The van der Waals surface area contributed by atoms with Crippen LogP contribution in [0.3, 0.4) is 0 Å². The van der Waals surface area contributed by atoms with Gasteiger partial charge in [-0.25, -0.2) is 0 Å². The van der Waals surface area contributed by atoms with Crippen LogP contribution in [0.2, 0.25) is 15.1 Å². The topological polar surface area (TPSA) is 86.6 Å². The van der Waals surface area contributed by atoms with E-state index in [1.165, 1.54) is 0 Å². The quantitative estimate of drug-likeness (QED) is 0.189. The molecule has 176 valence electrons. The number of para-hydroxylation sites is 1. The number of carbonyl (C=O) groups excluding carboxylic acids is 2. The summed E-state index contributed by atoms with van der Waals surface area (Å²) in [5.74, 6) is -2.03. The number of halogens is 3. The molecule has 0 unspecified atom stereocenters. The van der Waals surface area contributed by atoms with E-state index in [1.807, 2.05) is 18.2 Å². The summed E-state index contributed by atoms with van der Waals surface area (Å²) in [5.41, 5.74) is 1.97. The van der Waals surface area contributed by atoms with Gasteiger partial charge in [-0.1, -0.05) is 80.7 Å². The molecule has 1 aliphatic rings. The maximum atomic E-state index is 13.4. The van der Waals surface area contributed by atoms with Gasteiger partial charge >= 0.3 is 0 Å². The molecule has 0 saturated carbocycles. The summed E-state index contributed by atoms with van der Waals surface area (Å²) in [7, 11) is 0. The van der Waals surface area contributed by atoms with E-state index in [0.29, 0.717) is 0 Å². The molecule has 0 fully saturated rings. The van der Waals surface area contributed by atoms with Crippen LogP contribution in [0.25, 0.3) is 0 Å². The van der Waals surface area contributed by atoms with Crippen LogP contribution < -0.4 is 5.32 Å². The van der Waals surface area contributed by atoms with Crippen LogP contribution in [-0.2, 0) is 0 Å². The van der Waals surface area contributed by atoms with Crippen LogP contribution in [0.5, 0.6) is 11.5 Å². The maximum absolute atomic E-state index is 13.4. The van der Waals surface area contributed by atoms with Crippen molar-refractivity contribution < 1.29 is 19.8 Å². The molecule has 0 spiro atoms. The normalized spacial score (nSPS) is 12.9. The van der Waals surface area contributed by atoms with Gasteiger partial charge in [0.05, 0.1) is 43.0 Å². The maximum Gasteiger partial charge on any atom is 0.200 e. The van der Waals surface area contributed by atoms with E-state index in [2.05, 4.69) is 33.0 Å². The number of phenols is 2. The third-order valence-corrected chi connectivity index (χ3v) is 7.24. The van der Waals surface area contributed by atoms with Crippen molar-refractivity contribution in [1.82, 2.24) is 0 Å². The minimum absolute atomic E-state index is 0.0251. The zero-order valence-corrected chi connectivity index (χ0v) is 21.2. The zero-order chi connectivity index (χ0) is 25.1. The number of hydrogen-bond acceptors (Lipinski definition) is 5. The van der Waals surface area contributed by atoms with E-state index in [4.69, 9.17) is 34.8 Å². The average Bonchev–Trinajstić information content (AvgIpc) is 2.78. The lowest BCUT2D eigenvalue weighted by atomic mass is 9.82. The van der Waals surface area contributed by atoms with E-state index in [1.54, 1.807) is 0 Å². The molecule has 5 nitrogen and oxygen atoms in total. The third-order valence-electron chi connectivity index (χ3n) is 6.01. The van der Waals surface area contributed by atoms with Crippen molar-refractivity contribution >= 4 is 57.7 Å². The Morgan fingerprint density at radius 1 is 0.647 bits per heavy atom. The van der Waals surface area contributed by atoms with Crippen molar-refractivity contribution in [1.29, 1.82) is 0 Å². The van der Waals surface area contributed by atoms with Crippen molar-refractivity contribution in [3.63, 3.8) is 0 Å². The fourth-order valence-corrected chi connectivity index (χ4v) is 5.19. The Bertz CT molecular complexity index is 1350. The molecule has 3 aromatic carbocycles. The lowest BCUT2D eigenvalue weighted by molar-refractivity contribution is 0.0974. The summed E-state index contributed by atoms with van der Waals surface area (Å²) in [4.78, 5) is 26.7. The molecule has 3 aromatic rings. The minimum atomic E-state index is -0.746. The highest BCUT2D eigenvalue weighted by atomic mass is 35.5. The molecular formula is C26H22Cl3NO4. The standard InChI is InChI=1S/C26H22Cl3NO4/c1-10(2)12-6-5-7-13(11(3)4)23(12)30-24-21(28)19-18(20(27)22(24)29)25(33)16-14(31)8-9-15(32)17(16)26(19)34/h5-11,30-32H,1-4H3. The van der Waals surface area contributed by atoms with Crippen LogP contribution in [0.15, 0.2) is 30.3 Å². The van der Waals surface area contributed by atoms with E-state index in [-0.39, 0.29) is 54.8 Å². The fourth-order valence-electron chi connectivity index (χ4n) is 4.31. The van der Waals surface area contributed by atoms with Gasteiger partial charge in [-0.2, -0.15) is 0 Å². The Kier molecular flexibility index (Phi) is 6.32. The SMILES string of the molecule is CC(C)c1cccc(C(C)C)c1Nc1c(Cl)c(Cl)c2c(c1Cl)C(=O)c1c(O)ccc(O)c1C2=O. The molecule has 0 amide bonds. The molecule has 34 heavy (non-hydrogen) atoms. The fraction of sp³-hybridized carbons (Fsp3) is 0.231. The minimum Gasteiger partial charge on any atom is -0.507 e. The van der Waals surface area contributed by atoms with E-state index >= 15 is 0 Å². The molecule has 3 N–H and O–H groups in total. The Morgan fingerprint density at radius 3 is 1.53 bits per heavy atom. The molecular weight excluding hydrogens is 497 g/mol. The van der Waals surface area contributed by atoms with Crippen molar-refractivity contribution in [2.45, 2.75) is 39.5 Å². The molecule has 0 saturated heterocycles. The monoisotopic (exact) mass is 517 g/mol. The summed E-state index contributed by atoms with van der Waals surface area (Å²) >= 11 is 19.9. The first kappa shape index (κ1) is 24.4. The first-order valence-electron chi connectivity index (χ1n) is 10.7. The molecule has 0 aliphatic heterocycles. The number of benzene rings is 3. The molecule has 0 bridgehead atoms. The Morgan fingerprint density at radius 2 is 1.09 bits per heavy atom. The van der Waals surface area contributed by atoms with E-state index in [0.717, 1.165) is 28.9 Å². The summed E-state index contributed by atoms with van der Waals surface area (Å²) in [6.45, 7) is 8.23. The number of ketones is 2. The Balaban J connectivity index is 2.00. The largest absolute Gasteiger partial charge is 0.507 e. The van der Waals surface area contributed by atoms with Gasteiger partial charge in [0.2, 0.25) is 0 Å². The summed E-state index contributed by atoms with van der Waals surface area (Å²) in [6.07, 6.45) is 0. The lowest BCUT2D eigenvalue weighted by Crippen LogP contribution is -2.23. The predicted molar refractivity (Wildman–Crippen MR) is 136 cm³/mol. The number of rotatable bonds is 4. The van der Waals surface area contributed by atoms with Crippen molar-refractivity contribution in [2.75, 3.05) is 5.32 Å². The van der Waals surface area contributed by atoms with Crippen LogP contribution in [0.1, 0.15) is 82.5 Å². The second-order valence-electron chi connectivity index (χ2n) is 8.82. The predicted octanol–water partition coefficient (Wildman–Crippen LogP) is 7.82. The second kappa shape index (κ2) is 8.81. The first-order chi connectivity index (χ1) is 16.0. The highest BCUT2D eigenvalue weighted by Crippen LogP contribution is 2.49. The molecule has 0 aromatic heterocycles. The van der Waals surface area contributed by atoms with Gasteiger partial charge in [-0.3, -0.25) is 9.59 Å². The number of anilines is 2. The van der Waals surface area contributed by atoms with Gasteiger partial charge in [0.25, 0.3) is 0 Å². The van der Waals surface area contributed by atoms with Gasteiger partial charge in [0, 0.05) is 5.69 Å². The van der Waals surface area contributed by atoms with Crippen LogP contribution in [0.4, 0.5) is 11.4 Å². The summed E-state index contributed by atoms with van der Waals surface area (Å²) in [6, 6.07) is 8.24. The molecule has 0 heterocycles. The number of fused-ring (bicyclic) bond motifs is 2. The van der Waals surface area contributed by atoms with Crippen LogP contribution >= 0.6 is 34.8 Å². The van der Waals surface area contributed by atoms with Gasteiger partial charge < -0.3 is 15.5 Å². The number of hydrogen-bond donors (Lipinski definition) is 3. The zero-order valence-electron chi connectivity index (χ0n) is 18.9. The van der Waals surface area contributed by atoms with Gasteiger partial charge in [0.1, 0.15) is 11.5 Å². The van der Waals surface area contributed by atoms with Gasteiger partial charge in [0.15, 0.2) is 11.6 Å². The Labute approximate surface area is 212 Å². The van der Waals surface area contributed by atoms with Crippen molar-refractivity contribution in [2.24, 2.45) is 0 Å². The molecule has 8 heteroatoms. The van der Waals surface area contributed by atoms with Crippen molar-refractivity contribution in [3.8, 4) is 11.5 Å². The highest BCUT2D eigenvalue weighted by Gasteiger charge is 2.40. The smallest absolute Gasteiger partial charge is 0.200 e. The molecule has 1 aliphatic carbocycles.